The van der Waals surface area contributed by atoms with Crippen LogP contribution in [0.2, 0.25) is 0 Å². The van der Waals surface area contributed by atoms with Crippen molar-refractivity contribution >= 4 is 22.7 Å². The lowest BCUT2D eigenvalue weighted by Gasteiger charge is -2.21. The number of hydrogen-bond acceptors (Lipinski definition) is 4. The molecule has 2 aromatic carbocycles. The summed E-state index contributed by atoms with van der Waals surface area (Å²) in [6.07, 6.45) is 2.41. The smallest absolute Gasteiger partial charge is 0.412 e. The van der Waals surface area contributed by atoms with Gasteiger partial charge in [-0.2, -0.15) is 0 Å². The molecule has 1 aliphatic carbocycles. The Hall–Kier alpha value is -3.08. The summed E-state index contributed by atoms with van der Waals surface area (Å²) < 4.78 is 11.0. The zero-order valence-corrected chi connectivity index (χ0v) is 17.2. The topological polar surface area (TPSA) is 68.5 Å². The fourth-order valence-electron chi connectivity index (χ4n) is 3.92. The average Bonchev–Trinajstić information content (AvgIpc) is 3.07. The molecule has 5 nitrogen and oxygen atoms in total. The zero-order valence-electron chi connectivity index (χ0n) is 17.2. The van der Waals surface area contributed by atoms with Crippen molar-refractivity contribution in [3.05, 3.63) is 63.5 Å². The van der Waals surface area contributed by atoms with E-state index in [0.717, 1.165) is 35.8 Å². The number of carbonyl (C=O) groups is 1. The molecule has 1 aromatic heterocycles. The van der Waals surface area contributed by atoms with E-state index in [0.29, 0.717) is 11.1 Å². The number of rotatable bonds is 2. The van der Waals surface area contributed by atoms with Crippen LogP contribution >= 0.6 is 0 Å². The monoisotopic (exact) mass is 391 g/mol. The standard InChI is InChI=1S/C24H25NO4/c1-14-8-5-6-11-17(14)20-18-12-15-9-7-10-16(15)13-19(18)28-22(26)21(20)25-23(27)29-24(2,3)4/h5-6,8,11-13H,7,9-10H2,1-4H3,(H,25,27). The third kappa shape index (κ3) is 3.77. The van der Waals surface area contributed by atoms with Crippen molar-refractivity contribution in [3.8, 4) is 11.1 Å². The first kappa shape index (κ1) is 19.2. The van der Waals surface area contributed by atoms with Crippen LogP contribution in [0, 0.1) is 6.92 Å². The number of hydrogen-bond donors (Lipinski definition) is 1. The van der Waals surface area contributed by atoms with Crippen molar-refractivity contribution in [2.24, 2.45) is 0 Å². The Bertz CT molecular complexity index is 1170. The Morgan fingerprint density at radius 3 is 2.48 bits per heavy atom. The highest BCUT2D eigenvalue weighted by molar-refractivity contribution is 6.04. The molecular weight excluding hydrogens is 366 g/mol. The average molecular weight is 391 g/mol. The number of ether oxygens (including phenoxy) is 1. The van der Waals surface area contributed by atoms with Gasteiger partial charge >= 0.3 is 11.7 Å². The normalized spacial score (nSPS) is 13.4. The third-order valence-corrected chi connectivity index (χ3v) is 5.16. The van der Waals surface area contributed by atoms with E-state index >= 15 is 0 Å². The molecule has 1 N–H and O–H groups in total. The fourth-order valence-corrected chi connectivity index (χ4v) is 3.92. The predicted molar refractivity (Wildman–Crippen MR) is 115 cm³/mol. The maximum atomic E-state index is 12.9. The summed E-state index contributed by atoms with van der Waals surface area (Å²) in [7, 11) is 0. The van der Waals surface area contributed by atoms with Gasteiger partial charge in [-0.15, -0.1) is 0 Å². The summed E-state index contributed by atoms with van der Waals surface area (Å²) in [6, 6.07) is 11.9. The van der Waals surface area contributed by atoms with Crippen LogP contribution in [0.4, 0.5) is 10.5 Å². The summed E-state index contributed by atoms with van der Waals surface area (Å²) in [5.41, 5.74) is 4.46. The summed E-state index contributed by atoms with van der Waals surface area (Å²) in [4.78, 5) is 25.4. The maximum Gasteiger partial charge on any atom is 0.412 e. The van der Waals surface area contributed by atoms with Crippen molar-refractivity contribution in [3.63, 3.8) is 0 Å². The van der Waals surface area contributed by atoms with E-state index in [9.17, 15) is 9.59 Å². The molecule has 29 heavy (non-hydrogen) atoms. The molecule has 0 unspecified atom stereocenters. The summed E-state index contributed by atoms with van der Waals surface area (Å²) in [6.45, 7) is 7.32. The van der Waals surface area contributed by atoms with Gasteiger partial charge in [0.15, 0.2) is 0 Å². The van der Waals surface area contributed by atoms with E-state index < -0.39 is 17.3 Å². The van der Waals surface area contributed by atoms with E-state index in [1.54, 1.807) is 20.8 Å². The SMILES string of the molecule is Cc1ccccc1-c1c(NC(=O)OC(C)(C)C)c(=O)oc2cc3c(cc12)CCC3. The molecule has 0 saturated heterocycles. The van der Waals surface area contributed by atoms with E-state index in [-0.39, 0.29) is 5.69 Å². The first-order chi connectivity index (χ1) is 13.7. The third-order valence-electron chi connectivity index (χ3n) is 5.16. The summed E-state index contributed by atoms with van der Waals surface area (Å²) in [5, 5.41) is 3.48. The lowest BCUT2D eigenvalue weighted by atomic mass is 9.94. The van der Waals surface area contributed by atoms with E-state index in [2.05, 4.69) is 11.4 Å². The van der Waals surface area contributed by atoms with Crippen LogP contribution in [0.1, 0.15) is 43.9 Å². The fraction of sp³-hybridized carbons (Fsp3) is 0.333. The maximum absolute atomic E-state index is 12.9. The van der Waals surface area contributed by atoms with Gasteiger partial charge in [-0.25, -0.2) is 9.59 Å². The van der Waals surface area contributed by atoms with Gasteiger partial charge in [0.05, 0.1) is 0 Å². The molecule has 0 fully saturated rings. The van der Waals surface area contributed by atoms with Crippen LogP contribution < -0.4 is 10.9 Å². The molecule has 1 aliphatic rings. The number of nitrogens with one attached hydrogen (secondary N) is 1. The Morgan fingerprint density at radius 2 is 1.79 bits per heavy atom. The Kier molecular flexibility index (Phi) is 4.69. The number of fused-ring (bicyclic) bond motifs is 2. The van der Waals surface area contributed by atoms with Gasteiger partial charge < -0.3 is 9.15 Å². The summed E-state index contributed by atoms with van der Waals surface area (Å²) in [5.74, 6) is 0. The van der Waals surface area contributed by atoms with Gasteiger partial charge in [0.2, 0.25) is 0 Å². The van der Waals surface area contributed by atoms with Crippen LogP contribution in [0.25, 0.3) is 22.1 Å². The van der Waals surface area contributed by atoms with E-state index in [4.69, 9.17) is 9.15 Å². The first-order valence-electron chi connectivity index (χ1n) is 9.91. The number of anilines is 1. The highest BCUT2D eigenvalue weighted by atomic mass is 16.6. The zero-order chi connectivity index (χ0) is 20.8. The van der Waals surface area contributed by atoms with Crippen LogP contribution in [0.3, 0.4) is 0 Å². The molecule has 5 heteroatoms. The minimum atomic E-state index is -0.680. The van der Waals surface area contributed by atoms with Crippen LogP contribution in [-0.4, -0.2) is 11.7 Å². The molecule has 0 radical (unpaired) electrons. The number of benzene rings is 2. The van der Waals surface area contributed by atoms with Crippen molar-refractivity contribution in [1.82, 2.24) is 0 Å². The Morgan fingerprint density at radius 1 is 1.10 bits per heavy atom. The van der Waals surface area contributed by atoms with Crippen LogP contribution in [-0.2, 0) is 17.6 Å². The van der Waals surface area contributed by atoms with Crippen molar-refractivity contribution in [2.45, 2.75) is 52.6 Å². The number of carbonyl (C=O) groups excluding carboxylic acids is 1. The van der Waals surface area contributed by atoms with Crippen molar-refractivity contribution in [2.75, 3.05) is 5.32 Å². The molecule has 150 valence electrons. The molecule has 0 atom stereocenters. The Labute approximate surface area is 169 Å². The van der Waals surface area contributed by atoms with Crippen molar-refractivity contribution < 1.29 is 13.9 Å². The number of amides is 1. The first-order valence-corrected chi connectivity index (χ1v) is 9.91. The quantitative estimate of drug-likeness (QED) is 0.577. The second kappa shape index (κ2) is 7.07. The van der Waals surface area contributed by atoms with Crippen LogP contribution in [0.5, 0.6) is 0 Å². The lowest BCUT2D eigenvalue weighted by Crippen LogP contribution is -2.29. The molecule has 0 aliphatic heterocycles. The largest absolute Gasteiger partial charge is 0.444 e. The second-order valence-electron chi connectivity index (χ2n) is 8.55. The predicted octanol–water partition coefficient (Wildman–Crippen LogP) is 5.60. The van der Waals surface area contributed by atoms with Gasteiger partial charge in [0.1, 0.15) is 16.9 Å². The molecular formula is C24H25NO4. The Balaban J connectivity index is 1.97. The van der Waals surface area contributed by atoms with Crippen LogP contribution in [0.15, 0.2) is 45.6 Å². The van der Waals surface area contributed by atoms with Gasteiger partial charge in [0, 0.05) is 10.9 Å². The highest BCUT2D eigenvalue weighted by Gasteiger charge is 2.24. The molecule has 0 bridgehead atoms. The minimum absolute atomic E-state index is 0.110. The van der Waals surface area contributed by atoms with Gasteiger partial charge in [-0.3, -0.25) is 5.32 Å². The van der Waals surface area contributed by atoms with E-state index in [1.807, 2.05) is 37.3 Å². The van der Waals surface area contributed by atoms with Gasteiger partial charge in [-0.1, -0.05) is 24.3 Å². The van der Waals surface area contributed by atoms with Gasteiger partial charge in [0.25, 0.3) is 0 Å². The molecule has 4 rings (SSSR count). The molecule has 1 heterocycles. The number of aryl methyl sites for hydroxylation is 3. The van der Waals surface area contributed by atoms with E-state index in [1.165, 1.54) is 11.1 Å². The van der Waals surface area contributed by atoms with Gasteiger partial charge in [-0.05, 0) is 81.3 Å². The van der Waals surface area contributed by atoms with Crippen molar-refractivity contribution in [1.29, 1.82) is 0 Å². The molecule has 0 spiro atoms. The highest BCUT2D eigenvalue weighted by Crippen LogP contribution is 2.38. The molecule has 3 aromatic rings. The summed E-state index contributed by atoms with van der Waals surface area (Å²) >= 11 is 0. The molecule has 0 saturated carbocycles. The lowest BCUT2D eigenvalue weighted by molar-refractivity contribution is 0.0635. The minimum Gasteiger partial charge on any atom is -0.444 e. The molecule has 1 amide bonds. The second-order valence-corrected chi connectivity index (χ2v) is 8.55.